The average molecular weight is 232 g/mol. The number of phenolic OH excluding ortho intramolecular Hbond substituents is 1. The molecule has 1 amide bonds. The SMILES string of the molecule is O=C1CC2(CCCC2)NN1c1cccc(O)c1. The summed E-state index contributed by atoms with van der Waals surface area (Å²) in [5.41, 5.74) is 4.03. The predicted molar refractivity (Wildman–Crippen MR) is 64.5 cm³/mol. The molecule has 1 aliphatic heterocycles. The van der Waals surface area contributed by atoms with Gasteiger partial charge in [0.2, 0.25) is 5.91 Å². The number of carbonyl (C=O) groups excluding carboxylic acids is 1. The van der Waals surface area contributed by atoms with Crippen molar-refractivity contribution in [3.05, 3.63) is 24.3 Å². The minimum absolute atomic E-state index is 0.0253. The highest BCUT2D eigenvalue weighted by Crippen LogP contribution is 2.38. The van der Waals surface area contributed by atoms with Crippen LogP contribution in [-0.4, -0.2) is 16.6 Å². The van der Waals surface area contributed by atoms with Crippen LogP contribution in [0, 0.1) is 0 Å². The van der Waals surface area contributed by atoms with E-state index in [2.05, 4.69) is 5.43 Å². The molecule has 4 heteroatoms. The molecule has 1 saturated carbocycles. The molecule has 1 saturated heterocycles. The molecule has 1 aliphatic carbocycles. The van der Waals surface area contributed by atoms with Gasteiger partial charge in [-0.25, -0.2) is 10.4 Å². The first-order chi connectivity index (χ1) is 8.19. The Hall–Kier alpha value is -1.55. The summed E-state index contributed by atoms with van der Waals surface area (Å²) in [6, 6.07) is 6.80. The highest BCUT2D eigenvalue weighted by molar-refractivity contribution is 5.95. The zero-order valence-electron chi connectivity index (χ0n) is 9.65. The molecule has 0 bridgehead atoms. The van der Waals surface area contributed by atoms with Crippen LogP contribution in [0.1, 0.15) is 32.1 Å². The van der Waals surface area contributed by atoms with Gasteiger partial charge in [0.25, 0.3) is 0 Å². The summed E-state index contributed by atoms with van der Waals surface area (Å²) in [5.74, 6) is 0.280. The molecule has 90 valence electrons. The third-order valence-corrected chi connectivity index (χ3v) is 3.74. The van der Waals surface area contributed by atoms with Crippen molar-refractivity contribution in [1.82, 2.24) is 5.43 Å². The Morgan fingerprint density at radius 2 is 2.06 bits per heavy atom. The number of nitrogens with one attached hydrogen (secondary N) is 1. The average Bonchev–Trinajstić information content (AvgIpc) is 2.87. The molecule has 1 spiro atoms. The second kappa shape index (κ2) is 3.74. The highest BCUT2D eigenvalue weighted by Gasteiger charge is 2.44. The molecule has 1 aromatic rings. The van der Waals surface area contributed by atoms with Crippen molar-refractivity contribution in [2.24, 2.45) is 0 Å². The van der Waals surface area contributed by atoms with Gasteiger partial charge >= 0.3 is 0 Å². The summed E-state index contributed by atoms with van der Waals surface area (Å²) >= 11 is 0. The number of hydrogen-bond acceptors (Lipinski definition) is 3. The standard InChI is InChI=1S/C13H16N2O2/c16-11-5-3-4-10(8-11)15-12(17)9-13(14-15)6-1-2-7-13/h3-5,8,14,16H,1-2,6-7,9H2. The summed E-state index contributed by atoms with van der Waals surface area (Å²) < 4.78 is 0. The molecule has 0 aromatic heterocycles. The molecule has 4 nitrogen and oxygen atoms in total. The number of anilines is 1. The van der Waals surface area contributed by atoms with E-state index in [1.165, 1.54) is 12.8 Å². The molecule has 2 N–H and O–H groups in total. The fourth-order valence-corrected chi connectivity index (χ4v) is 2.89. The van der Waals surface area contributed by atoms with Crippen LogP contribution in [0.25, 0.3) is 0 Å². The second-order valence-electron chi connectivity index (χ2n) is 5.03. The quantitative estimate of drug-likeness (QED) is 0.778. The van der Waals surface area contributed by atoms with Gasteiger partial charge in [-0.15, -0.1) is 0 Å². The van der Waals surface area contributed by atoms with Gasteiger partial charge in [-0.1, -0.05) is 18.9 Å². The van der Waals surface area contributed by atoms with E-state index in [4.69, 9.17) is 0 Å². The van der Waals surface area contributed by atoms with Crippen LogP contribution in [0.3, 0.4) is 0 Å². The zero-order chi connectivity index (χ0) is 11.9. The van der Waals surface area contributed by atoms with Crippen molar-refractivity contribution < 1.29 is 9.90 Å². The van der Waals surface area contributed by atoms with Crippen LogP contribution in [0.2, 0.25) is 0 Å². The van der Waals surface area contributed by atoms with Crippen LogP contribution in [0.15, 0.2) is 24.3 Å². The Morgan fingerprint density at radius 1 is 1.29 bits per heavy atom. The Balaban J connectivity index is 1.87. The van der Waals surface area contributed by atoms with Gasteiger partial charge in [0.15, 0.2) is 0 Å². The molecular weight excluding hydrogens is 216 g/mol. The van der Waals surface area contributed by atoms with Crippen LogP contribution < -0.4 is 10.4 Å². The van der Waals surface area contributed by atoms with Gasteiger partial charge in [0.1, 0.15) is 5.75 Å². The number of benzene rings is 1. The molecule has 3 rings (SSSR count). The fraction of sp³-hybridized carbons (Fsp3) is 0.462. The van der Waals surface area contributed by atoms with Crippen LogP contribution >= 0.6 is 0 Å². The maximum atomic E-state index is 12.0. The molecule has 1 heterocycles. The first-order valence-corrected chi connectivity index (χ1v) is 6.08. The lowest BCUT2D eigenvalue weighted by molar-refractivity contribution is -0.117. The Morgan fingerprint density at radius 3 is 2.76 bits per heavy atom. The number of hydrogen-bond donors (Lipinski definition) is 2. The second-order valence-corrected chi connectivity index (χ2v) is 5.03. The van der Waals surface area contributed by atoms with Gasteiger partial charge in [-0.2, -0.15) is 0 Å². The third-order valence-electron chi connectivity index (χ3n) is 3.74. The van der Waals surface area contributed by atoms with E-state index in [0.717, 1.165) is 18.5 Å². The Labute approximate surface area is 100 Å². The van der Waals surface area contributed by atoms with E-state index in [9.17, 15) is 9.90 Å². The van der Waals surface area contributed by atoms with E-state index in [-0.39, 0.29) is 17.2 Å². The molecular formula is C13H16N2O2. The summed E-state index contributed by atoms with van der Waals surface area (Å²) in [6.45, 7) is 0. The lowest BCUT2D eigenvalue weighted by atomic mass is 9.96. The van der Waals surface area contributed by atoms with Gasteiger partial charge in [-0.05, 0) is 25.0 Å². The third kappa shape index (κ3) is 1.78. The van der Waals surface area contributed by atoms with E-state index in [1.54, 1.807) is 23.2 Å². The normalized spacial score (nSPS) is 22.6. The topological polar surface area (TPSA) is 52.6 Å². The summed E-state index contributed by atoms with van der Waals surface area (Å²) in [7, 11) is 0. The van der Waals surface area contributed by atoms with Crippen molar-refractivity contribution in [2.45, 2.75) is 37.6 Å². The molecule has 2 aliphatic rings. The lowest BCUT2D eigenvalue weighted by Crippen LogP contribution is -2.44. The largest absolute Gasteiger partial charge is 0.508 e. The first kappa shape index (κ1) is 10.6. The number of amides is 1. The molecule has 17 heavy (non-hydrogen) atoms. The van der Waals surface area contributed by atoms with Crippen molar-refractivity contribution in [3.8, 4) is 5.75 Å². The van der Waals surface area contributed by atoms with Crippen molar-refractivity contribution >= 4 is 11.6 Å². The summed E-state index contributed by atoms with van der Waals surface area (Å²) in [5, 5.41) is 11.0. The predicted octanol–water partition coefficient (Wildman–Crippen LogP) is 1.95. The maximum absolute atomic E-state index is 12.0. The Kier molecular flexibility index (Phi) is 2.33. The number of rotatable bonds is 1. The lowest BCUT2D eigenvalue weighted by Gasteiger charge is -2.25. The van der Waals surface area contributed by atoms with Crippen LogP contribution in [0.5, 0.6) is 5.75 Å². The molecule has 0 radical (unpaired) electrons. The minimum Gasteiger partial charge on any atom is -0.508 e. The number of aromatic hydroxyl groups is 1. The van der Waals surface area contributed by atoms with Crippen LogP contribution in [0.4, 0.5) is 5.69 Å². The van der Waals surface area contributed by atoms with Crippen molar-refractivity contribution in [3.63, 3.8) is 0 Å². The monoisotopic (exact) mass is 232 g/mol. The van der Waals surface area contributed by atoms with E-state index < -0.39 is 0 Å². The van der Waals surface area contributed by atoms with Crippen LogP contribution in [-0.2, 0) is 4.79 Å². The van der Waals surface area contributed by atoms with E-state index >= 15 is 0 Å². The van der Waals surface area contributed by atoms with Crippen molar-refractivity contribution in [2.75, 3.05) is 5.01 Å². The van der Waals surface area contributed by atoms with Gasteiger partial charge in [0.05, 0.1) is 5.69 Å². The molecule has 1 aromatic carbocycles. The van der Waals surface area contributed by atoms with E-state index in [0.29, 0.717) is 6.42 Å². The number of nitrogens with zero attached hydrogens (tertiary/aromatic N) is 1. The first-order valence-electron chi connectivity index (χ1n) is 6.08. The summed E-state index contributed by atoms with van der Waals surface area (Å²) in [4.78, 5) is 12.0. The summed E-state index contributed by atoms with van der Waals surface area (Å²) in [6.07, 6.45) is 5.08. The molecule has 0 unspecified atom stereocenters. The maximum Gasteiger partial charge on any atom is 0.243 e. The highest BCUT2D eigenvalue weighted by atomic mass is 16.3. The number of carbonyl (C=O) groups is 1. The fourth-order valence-electron chi connectivity index (χ4n) is 2.89. The smallest absolute Gasteiger partial charge is 0.243 e. The minimum atomic E-state index is -0.0253. The zero-order valence-corrected chi connectivity index (χ0v) is 9.65. The van der Waals surface area contributed by atoms with Gasteiger partial charge < -0.3 is 5.11 Å². The number of hydrazine groups is 1. The van der Waals surface area contributed by atoms with Gasteiger partial charge in [-0.3, -0.25) is 4.79 Å². The molecule has 0 atom stereocenters. The Bertz CT molecular complexity index is 452. The van der Waals surface area contributed by atoms with Crippen molar-refractivity contribution in [1.29, 1.82) is 0 Å². The molecule has 2 fully saturated rings. The number of phenols is 1. The van der Waals surface area contributed by atoms with Gasteiger partial charge in [0, 0.05) is 18.0 Å². The van der Waals surface area contributed by atoms with E-state index in [1.807, 2.05) is 6.07 Å².